The molecule has 0 saturated carbocycles. The van der Waals surface area contributed by atoms with Gasteiger partial charge in [-0.3, -0.25) is 4.79 Å². The van der Waals surface area contributed by atoms with Crippen molar-refractivity contribution < 1.29 is 22.4 Å². The number of pyridine rings is 1. The van der Waals surface area contributed by atoms with E-state index in [2.05, 4.69) is 15.3 Å². The van der Waals surface area contributed by atoms with Crippen LogP contribution in [0.2, 0.25) is 0 Å². The molecule has 154 valence electrons. The minimum Gasteiger partial charge on any atom is -0.431 e. The van der Waals surface area contributed by atoms with Gasteiger partial charge in [0.05, 0.1) is 11.9 Å². The summed E-state index contributed by atoms with van der Waals surface area (Å²) in [5.74, 6) is -2.75. The Morgan fingerprint density at radius 2 is 1.97 bits per heavy atom. The number of carbonyl (C=O) groups is 1. The van der Waals surface area contributed by atoms with E-state index in [4.69, 9.17) is 4.42 Å². The zero-order chi connectivity index (χ0) is 21.3. The molecule has 0 unspecified atom stereocenters. The number of aryl methyl sites for hydroxylation is 1. The first kappa shape index (κ1) is 19.7. The number of carbonyl (C=O) groups excluding carboxylic acids is 1. The van der Waals surface area contributed by atoms with Gasteiger partial charge < -0.3 is 14.3 Å². The molecule has 0 radical (unpaired) electrons. The molecule has 3 heterocycles. The molecule has 0 aliphatic rings. The van der Waals surface area contributed by atoms with Gasteiger partial charge in [0.15, 0.2) is 5.69 Å². The number of hydrogen-bond donors (Lipinski definition) is 1. The number of halogens is 3. The van der Waals surface area contributed by atoms with Crippen molar-refractivity contribution in [3.63, 3.8) is 0 Å². The molecule has 4 aromatic rings. The molecule has 4 rings (SSSR count). The number of fused-ring (bicyclic) bond motifs is 1. The molecule has 0 atom stereocenters. The van der Waals surface area contributed by atoms with Gasteiger partial charge in [0.25, 0.3) is 5.91 Å². The third kappa shape index (κ3) is 3.78. The van der Waals surface area contributed by atoms with Gasteiger partial charge in [-0.15, -0.1) is 0 Å². The zero-order valence-corrected chi connectivity index (χ0v) is 15.9. The summed E-state index contributed by atoms with van der Waals surface area (Å²) < 4.78 is 47.2. The molecule has 30 heavy (non-hydrogen) atoms. The smallest absolute Gasteiger partial charge is 0.431 e. The molecule has 1 N–H and O–H groups in total. The number of amides is 1. The molecule has 0 fully saturated rings. The number of benzene rings is 1. The van der Waals surface area contributed by atoms with Crippen molar-refractivity contribution in [2.24, 2.45) is 0 Å². The second-order valence-electron chi connectivity index (χ2n) is 6.66. The number of rotatable bonds is 5. The standard InChI is InChI=1S/C21H17F3N4O2/c1-2-9-28-10-8-14-11-15(12-25-18(14)28)26-19(29)16-17(21(22,23)24)30-20(27-16)13-6-4-3-5-7-13/h3-8,10-12H,2,9H2,1H3,(H,26,29). The Kier molecular flexibility index (Phi) is 5.03. The molecule has 6 nitrogen and oxygen atoms in total. The van der Waals surface area contributed by atoms with Crippen LogP contribution in [0, 0.1) is 0 Å². The summed E-state index contributed by atoms with van der Waals surface area (Å²) in [5, 5.41) is 3.20. The SMILES string of the molecule is CCCn1ccc2cc(NC(=O)c3nc(-c4ccccc4)oc3C(F)(F)F)cnc21. The van der Waals surface area contributed by atoms with Gasteiger partial charge in [-0.2, -0.15) is 13.2 Å². The predicted molar refractivity (Wildman–Crippen MR) is 105 cm³/mol. The van der Waals surface area contributed by atoms with Gasteiger partial charge in [-0.25, -0.2) is 9.97 Å². The number of nitrogens with zero attached hydrogens (tertiary/aromatic N) is 3. The quantitative estimate of drug-likeness (QED) is 0.476. The number of anilines is 1. The molecule has 1 aromatic carbocycles. The minimum absolute atomic E-state index is 0.263. The topological polar surface area (TPSA) is 73.0 Å². The van der Waals surface area contributed by atoms with Crippen molar-refractivity contribution >= 4 is 22.6 Å². The molecule has 9 heteroatoms. The third-order valence-electron chi connectivity index (χ3n) is 4.44. The average Bonchev–Trinajstić information content (AvgIpc) is 3.34. The molecular weight excluding hydrogens is 397 g/mol. The number of aromatic nitrogens is 3. The molecule has 1 amide bonds. The van der Waals surface area contributed by atoms with Gasteiger partial charge in [0, 0.05) is 23.7 Å². The fourth-order valence-electron chi connectivity index (χ4n) is 3.13. The lowest BCUT2D eigenvalue weighted by Gasteiger charge is -2.07. The molecule has 0 saturated heterocycles. The molecule has 3 aromatic heterocycles. The highest BCUT2D eigenvalue weighted by Gasteiger charge is 2.42. The zero-order valence-electron chi connectivity index (χ0n) is 15.9. The average molecular weight is 414 g/mol. The first-order valence-electron chi connectivity index (χ1n) is 9.26. The first-order valence-corrected chi connectivity index (χ1v) is 9.26. The monoisotopic (exact) mass is 414 g/mol. The summed E-state index contributed by atoms with van der Waals surface area (Å²) in [6.45, 7) is 2.83. The maximum Gasteiger partial charge on any atom is 0.452 e. The normalized spacial score (nSPS) is 11.7. The van der Waals surface area contributed by atoms with Gasteiger partial charge in [0.2, 0.25) is 11.7 Å². The number of nitrogens with one attached hydrogen (secondary N) is 1. The largest absolute Gasteiger partial charge is 0.452 e. The van der Waals surface area contributed by atoms with Crippen molar-refractivity contribution in [2.45, 2.75) is 26.1 Å². The lowest BCUT2D eigenvalue weighted by molar-refractivity contribution is -0.153. The van der Waals surface area contributed by atoms with Gasteiger partial charge >= 0.3 is 6.18 Å². The molecular formula is C21H17F3N4O2. The van der Waals surface area contributed by atoms with Crippen LogP contribution in [0.25, 0.3) is 22.5 Å². The lowest BCUT2D eigenvalue weighted by Crippen LogP contribution is -2.18. The van der Waals surface area contributed by atoms with E-state index in [9.17, 15) is 18.0 Å². The van der Waals surface area contributed by atoms with Crippen LogP contribution in [0.15, 0.2) is 59.3 Å². The minimum atomic E-state index is -4.87. The highest BCUT2D eigenvalue weighted by atomic mass is 19.4. The van der Waals surface area contributed by atoms with E-state index < -0.39 is 23.5 Å². The second-order valence-corrected chi connectivity index (χ2v) is 6.66. The molecule has 0 spiro atoms. The van der Waals surface area contributed by atoms with E-state index in [-0.39, 0.29) is 11.6 Å². The summed E-state index contributed by atoms with van der Waals surface area (Å²) in [4.78, 5) is 20.7. The summed E-state index contributed by atoms with van der Waals surface area (Å²) in [5.41, 5.74) is 0.505. The predicted octanol–water partition coefficient (Wildman–Crippen LogP) is 5.37. The van der Waals surface area contributed by atoms with Gasteiger partial charge in [-0.05, 0) is 30.7 Å². The van der Waals surface area contributed by atoms with Crippen LogP contribution in [0.1, 0.15) is 29.6 Å². The Bertz CT molecular complexity index is 1200. The maximum atomic E-state index is 13.4. The van der Waals surface area contributed by atoms with Crippen LogP contribution >= 0.6 is 0 Å². The van der Waals surface area contributed by atoms with Crippen LogP contribution < -0.4 is 5.32 Å². The highest BCUT2D eigenvalue weighted by Crippen LogP contribution is 2.35. The fourth-order valence-corrected chi connectivity index (χ4v) is 3.13. The Hall–Kier alpha value is -3.62. The van der Waals surface area contributed by atoms with Crippen LogP contribution in [-0.2, 0) is 12.7 Å². The van der Waals surface area contributed by atoms with E-state index in [0.29, 0.717) is 5.56 Å². The summed E-state index contributed by atoms with van der Waals surface area (Å²) in [6.07, 6.45) is -0.664. The van der Waals surface area contributed by atoms with Crippen molar-refractivity contribution in [1.29, 1.82) is 0 Å². The van der Waals surface area contributed by atoms with Crippen molar-refractivity contribution in [1.82, 2.24) is 14.5 Å². The van der Waals surface area contributed by atoms with E-state index in [1.54, 1.807) is 36.4 Å². The third-order valence-corrected chi connectivity index (χ3v) is 4.44. The number of alkyl halides is 3. The Labute approximate surface area is 169 Å². The summed E-state index contributed by atoms with van der Waals surface area (Å²) in [6, 6.07) is 11.6. The molecule has 0 aliphatic heterocycles. The fraction of sp³-hybridized carbons (Fsp3) is 0.190. The summed E-state index contributed by atoms with van der Waals surface area (Å²) in [7, 11) is 0. The maximum absolute atomic E-state index is 13.4. The van der Waals surface area contributed by atoms with Crippen LogP contribution in [0.4, 0.5) is 18.9 Å². The van der Waals surface area contributed by atoms with E-state index in [0.717, 1.165) is 24.0 Å². The van der Waals surface area contributed by atoms with E-state index in [1.807, 2.05) is 23.8 Å². The van der Waals surface area contributed by atoms with E-state index in [1.165, 1.54) is 6.20 Å². The number of oxazole rings is 1. The Balaban J connectivity index is 1.66. The van der Waals surface area contributed by atoms with E-state index >= 15 is 0 Å². The Morgan fingerprint density at radius 1 is 1.20 bits per heavy atom. The number of hydrogen-bond acceptors (Lipinski definition) is 4. The van der Waals surface area contributed by atoms with Gasteiger partial charge in [0.1, 0.15) is 5.65 Å². The van der Waals surface area contributed by atoms with Gasteiger partial charge in [-0.1, -0.05) is 25.1 Å². The Morgan fingerprint density at radius 3 is 2.67 bits per heavy atom. The summed E-state index contributed by atoms with van der Waals surface area (Å²) >= 11 is 0. The second kappa shape index (κ2) is 7.66. The van der Waals surface area contributed by atoms with Crippen molar-refractivity contribution in [3.8, 4) is 11.5 Å². The molecule has 0 aliphatic carbocycles. The van der Waals surface area contributed by atoms with Crippen LogP contribution in [0.5, 0.6) is 0 Å². The van der Waals surface area contributed by atoms with Crippen molar-refractivity contribution in [2.75, 3.05) is 5.32 Å². The molecule has 0 bridgehead atoms. The van der Waals surface area contributed by atoms with Crippen LogP contribution in [0.3, 0.4) is 0 Å². The lowest BCUT2D eigenvalue weighted by atomic mass is 10.2. The first-order chi connectivity index (χ1) is 14.4. The van der Waals surface area contributed by atoms with Crippen LogP contribution in [-0.4, -0.2) is 20.4 Å². The highest BCUT2D eigenvalue weighted by molar-refractivity contribution is 6.04. The van der Waals surface area contributed by atoms with Crippen molar-refractivity contribution in [3.05, 3.63) is 66.3 Å².